The van der Waals surface area contributed by atoms with Gasteiger partial charge in [0, 0.05) is 6.61 Å². The predicted octanol–water partition coefficient (Wildman–Crippen LogP) is -0.300. The van der Waals surface area contributed by atoms with Gasteiger partial charge < -0.3 is 4.74 Å². The first-order valence-electron chi connectivity index (χ1n) is 3.61. The Balaban J connectivity index is 2.70. The Bertz CT molecular complexity index is 224. The van der Waals surface area contributed by atoms with Crippen molar-refractivity contribution in [2.24, 2.45) is 11.1 Å². The van der Waals surface area contributed by atoms with E-state index in [0.717, 1.165) is 0 Å². The quantitative estimate of drug-likeness (QED) is 0.601. The van der Waals surface area contributed by atoms with E-state index in [1.54, 1.807) is 0 Å². The summed E-state index contributed by atoms with van der Waals surface area (Å²) >= 11 is 0. The van der Waals surface area contributed by atoms with Crippen LogP contribution in [0.1, 0.15) is 13.3 Å². The van der Waals surface area contributed by atoms with Crippen molar-refractivity contribution in [2.45, 2.75) is 18.6 Å². The third-order valence-corrected chi connectivity index (χ3v) is 3.53. The molecule has 1 rings (SSSR count). The van der Waals surface area contributed by atoms with E-state index in [9.17, 15) is 8.42 Å². The minimum Gasteiger partial charge on any atom is -0.381 e. The molecule has 0 amide bonds. The molecule has 5 heteroatoms. The second-order valence-corrected chi connectivity index (χ2v) is 4.75. The molecule has 0 aromatic heterocycles. The van der Waals surface area contributed by atoms with Crippen LogP contribution >= 0.6 is 0 Å². The Kier molecular flexibility index (Phi) is 2.51. The second kappa shape index (κ2) is 3.08. The van der Waals surface area contributed by atoms with Crippen LogP contribution in [0.2, 0.25) is 0 Å². The lowest BCUT2D eigenvalue weighted by Crippen LogP contribution is -2.40. The van der Waals surface area contributed by atoms with E-state index in [-0.39, 0.29) is 5.92 Å². The first kappa shape index (κ1) is 8.96. The highest BCUT2D eigenvalue weighted by atomic mass is 32.2. The van der Waals surface area contributed by atoms with Gasteiger partial charge in [0.15, 0.2) is 0 Å². The highest BCUT2D eigenvalue weighted by Crippen LogP contribution is 2.19. The van der Waals surface area contributed by atoms with Gasteiger partial charge in [-0.3, -0.25) is 0 Å². The third-order valence-electron chi connectivity index (χ3n) is 1.98. The molecule has 0 saturated carbocycles. The van der Waals surface area contributed by atoms with Crippen LogP contribution in [0, 0.1) is 5.92 Å². The van der Waals surface area contributed by atoms with Gasteiger partial charge in [-0.15, -0.1) is 0 Å². The standard InChI is InChI=1S/C6H13NO3S/c1-5-4-10-3-2-6(5)11(7,8)9/h5-6H,2-4H2,1H3,(H2,7,8,9)/t5-,6+/m0/s1. The van der Waals surface area contributed by atoms with Crippen LogP contribution in [0.3, 0.4) is 0 Å². The second-order valence-electron chi connectivity index (χ2n) is 2.97. The molecule has 1 fully saturated rings. The summed E-state index contributed by atoms with van der Waals surface area (Å²) in [6, 6.07) is 0. The Hall–Kier alpha value is -0.130. The monoisotopic (exact) mass is 179 g/mol. The number of sulfonamides is 1. The summed E-state index contributed by atoms with van der Waals surface area (Å²) in [6.07, 6.45) is 0.528. The maximum absolute atomic E-state index is 10.9. The Morgan fingerprint density at radius 2 is 2.18 bits per heavy atom. The number of hydrogen-bond donors (Lipinski definition) is 1. The number of nitrogens with two attached hydrogens (primary N) is 1. The van der Waals surface area contributed by atoms with Crippen LogP contribution in [-0.2, 0) is 14.8 Å². The van der Waals surface area contributed by atoms with E-state index in [1.165, 1.54) is 0 Å². The average molecular weight is 179 g/mol. The molecule has 0 bridgehead atoms. The fourth-order valence-corrected chi connectivity index (χ4v) is 2.50. The van der Waals surface area contributed by atoms with Crippen molar-refractivity contribution in [2.75, 3.05) is 13.2 Å². The first-order chi connectivity index (χ1) is 5.02. The van der Waals surface area contributed by atoms with Gasteiger partial charge in [-0.2, -0.15) is 0 Å². The molecule has 0 radical (unpaired) electrons. The van der Waals surface area contributed by atoms with Crippen molar-refractivity contribution in [1.29, 1.82) is 0 Å². The molecule has 0 aromatic rings. The Morgan fingerprint density at radius 1 is 1.55 bits per heavy atom. The number of hydrogen-bond acceptors (Lipinski definition) is 3. The van der Waals surface area contributed by atoms with E-state index in [4.69, 9.17) is 9.88 Å². The van der Waals surface area contributed by atoms with E-state index >= 15 is 0 Å². The summed E-state index contributed by atoms with van der Waals surface area (Å²) in [6.45, 7) is 2.85. The van der Waals surface area contributed by atoms with Crippen LogP contribution in [0.15, 0.2) is 0 Å². The van der Waals surface area contributed by atoms with Crippen molar-refractivity contribution in [1.82, 2.24) is 0 Å². The lowest BCUT2D eigenvalue weighted by molar-refractivity contribution is 0.0637. The molecule has 11 heavy (non-hydrogen) atoms. The minimum absolute atomic E-state index is 0.0266. The molecule has 66 valence electrons. The summed E-state index contributed by atoms with van der Waals surface area (Å²) in [7, 11) is -3.36. The first-order valence-corrected chi connectivity index (χ1v) is 5.22. The highest BCUT2D eigenvalue weighted by Gasteiger charge is 2.30. The largest absolute Gasteiger partial charge is 0.381 e. The molecule has 2 N–H and O–H groups in total. The maximum atomic E-state index is 10.9. The van der Waals surface area contributed by atoms with Crippen LogP contribution in [0.25, 0.3) is 0 Å². The molecular weight excluding hydrogens is 166 g/mol. The molecular formula is C6H13NO3S. The summed E-state index contributed by atoms with van der Waals surface area (Å²) in [5, 5.41) is 4.61. The predicted molar refractivity (Wildman–Crippen MR) is 41.5 cm³/mol. The van der Waals surface area contributed by atoms with Crippen LogP contribution in [0.5, 0.6) is 0 Å². The van der Waals surface area contributed by atoms with Crippen molar-refractivity contribution in [3.8, 4) is 0 Å². The SMILES string of the molecule is C[C@H]1COCC[C@H]1S(N)(=O)=O. The van der Waals surface area contributed by atoms with Crippen LogP contribution in [-0.4, -0.2) is 26.9 Å². The molecule has 2 atom stereocenters. The van der Waals surface area contributed by atoms with Gasteiger partial charge in [0.25, 0.3) is 0 Å². The van der Waals surface area contributed by atoms with Gasteiger partial charge in [-0.05, 0) is 12.3 Å². The maximum Gasteiger partial charge on any atom is 0.212 e. The normalized spacial score (nSPS) is 33.6. The van der Waals surface area contributed by atoms with Gasteiger partial charge in [0.2, 0.25) is 10.0 Å². The van der Waals surface area contributed by atoms with Crippen molar-refractivity contribution >= 4 is 10.0 Å². The van der Waals surface area contributed by atoms with Gasteiger partial charge in [0.1, 0.15) is 0 Å². The zero-order chi connectivity index (χ0) is 8.48. The zero-order valence-electron chi connectivity index (χ0n) is 6.49. The van der Waals surface area contributed by atoms with E-state index < -0.39 is 15.3 Å². The molecule has 0 aliphatic carbocycles. The molecule has 0 aromatic carbocycles. The van der Waals surface area contributed by atoms with E-state index in [1.807, 2.05) is 6.92 Å². The Morgan fingerprint density at radius 3 is 2.55 bits per heavy atom. The fourth-order valence-electron chi connectivity index (χ4n) is 1.35. The summed E-state index contributed by atoms with van der Waals surface area (Å²) < 4.78 is 26.9. The average Bonchev–Trinajstić information content (AvgIpc) is 1.86. The molecule has 1 saturated heterocycles. The van der Waals surface area contributed by atoms with Gasteiger partial charge in [-0.1, -0.05) is 6.92 Å². The smallest absolute Gasteiger partial charge is 0.212 e. The zero-order valence-corrected chi connectivity index (χ0v) is 7.30. The molecule has 1 aliphatic rings. The number of ether oxygens (including phenoxy) is 1. The molecule has 1 aliphatic heterocycles. The molecule has 1 heterocycles. The van der Waals surface area contributed by atoms with Crippen molar-refractivity contribution in [3.63, 3.8) is 0 Å². The number of rotatable bonds is 1. The summed E-state index contributed by atoms with van der Waals surface area (Å²) in [5.41, 5.74) is 0. The fraction of sp³-hybridized carbons (Fsp3) is 1.00. The molecule has 4 nitrogen and oxygen atoms in total. The Labute approximate surface area is 66.8 Å². The summed E-state index contributed by atoms with van der Waals surface area (Å²) in [5.74, 6) is 0.0266. The van der Waals surface area contributed by atoms with Gasteiger partial charge in [-0.25, -0.2) is 13.6 Å². The van der Waals surface area contributed by atoms with Gasteiger partial charge >= 0.3 is 0 Å². The van der Waals surface area contributed by atoms with Crippen LogP contribution < -0.4 is 5.14 Å². The van der Waals surface area contributed by atoms with Gasteiger partial charge in [0.05, 0.1) is 11.9 Å². The van der Waals surface area contributed by atoms with Crippen molar-refractivity contribution < 1.29 is 13.2 Å². The van der Waals surface area contributed by atoms with E-state index in [2.05, 4.69) is 0 Å². The van der Waals surface area contributed by atoms with E-state index in [0.29, 0.717) is 19.6 Å². The lowest BCUT2D eigenvalue weighted by atomic mass is 10.0. The third kappa shape index (κ3) is 2.15. The topological polar surface area (TPSA) is 69.4 Å². The summed E-state index contributed by atoms with van der Waals surface area (Å²) in [4.78, 5) is 0. The lowest BCUT2D eigenvalue weighted by Gasteiger charge is -2.26. The van der Waals surface area contributed by atoms with Crippen LogP contribution in [0.4, 0.5) is 0 Å². The highest BCUT2D eigenvalue weighted by molar-refractivity contribution is 7.89. The minimum atomic E-state index is -3.36. The molecule has 0 spiro atoms. The molecule has 0 unspecified atom stereocenters. The number of primary sulfonamides is 1. The van der Waals surface area contributed by atoms with Crippen molar-refractivity contribution in [3.05, 3.63) is 0 Å².